The van der Waals surface area contributed by atoms with Crippen molar-refractivity contribution in [2.45, 2.75) is 84.0 Å². The molecule has 0 bridgehead atoms. The van der Waals surface area contributed by atoms with E-state index in [9.17, 15) is 14.7 Å². The third-order valence-corrected chi connectivity index (χ3v) is 7.65. The van der Waals surface area contributed by atoms with Gasteiger partial charge in [0, 0.05) is 43.4 Å². The fourth-order valence-electron chi connectivity index (χ4n) is 5.38. The van der Waals surface area contributed by atoms with E-state index in [0.717, 1.165) is 18.2 Å². The highest BCUT2D eigenvalue weighted by atomic mass is 16.5. The van der Waals surface area contributed by atoms with Gasteiger partial charge in [-0.2, -0.15) is 0 Å². The molecule has 0 saturated heterocycles. The zero-order valence-electron chi connectivity index (χ0n) is 21.2. The van der Waals surface area contributed by atoms with E-state index < -0.39 is 16.8 Å². The molecule has 1 saturated carbocycles. The molecule has 1 N–H and O–H groups in total. The Morgan fingerprint density at radius 2 is 1.91 bits per heavy atom. The van der Waals surface area contributed by atoms with Crippen molar-refractivity contribution < 1.29 is 28.5 Å². The Hall–Kier alpha value is -2.38. The van der Waals surface area contributed by atoms with Crippen LogP contribution < -0.4 is 10.4 Å². The zero-order chi connectivity index (χ0) is 25.1. The predicted molar refractivity (Wildman–Crippen MR) is 130 cm³/mol. The standard InChI is InChI=1S/C27H38O7/c1-18(28)33-23-12-14-27(5,30)22(25(23,2)3)11-13-26(4,31-6)15-16-32-20-9-7-19-8-10-24(29)34-21(19)17-20/h7-10,17,22-23,30H,11-16H2,1-6H3/t22-,23-,26-,27-/m0/s1. The lowest BCUT2D eigenvalue weighted by Crippen LogP contribution is -2.55. The molecule has 0 radical (unpaired) electrons. The summed E-state index contributed by atoms with van der Waals surface area (Å²) in [5, 5.41) is 12.0. The summed E-state index contributed by atoms with van der Waals surface area (Å²) in [5.74, 6) is 0.281. The van der Waals surface area contributed by atoms with E-state index in [1.165, 1.54) is 13.0 Å². The Kier molecular flexibility index (Phi) is 7.78. The van der Waals surface area contributed by atoms with Crippen LogP contribution in [0.15, 0.2) is 39.5 Å². The summed E-state index contributed by atoms with van der Waals surface area (Å²) in [5.41, 5.74) is -1.57. The van der Waals surface area contributed by atoms with E-state index in [-0.39, 0.29) is 23.4 Å². The number of carbonyl (C=O) groups is 1. The van der Waals surface area contributed by atoms with Crippen molar-refractivity contribution in [1.82, 2.24) is 0 Å². The second-order valence-corrected chi connectivity index (χ2v) is 10.6. The van der Waals surface area contributed by atoms with Gasteiger partial charge >= 0.3 is 11.6 Å². The van der Waals surface area contributed by atoms with Crippen LogP contribution in [0.2, 0.25) is 0 Å². The van der Waals surface area contributed by atoms with E-state index in [4.69, 9.17) is 18.6 Å². The van der Waals surface area contributed by atoms with E-state index in [0.29, 0.717) is 37.2 Å². The van der Waals surface area contributed by atoms with Crippen molar-refractivity contribution in [2.24, 2.45) is 11.3 Å². The van der Waals surface area contributed by atoms with Crippen molar-refractivity contribution in [3.8, 4) is 5.75 Å². The summed E-state index contributed by atoms with van der Waals surface area (Å²) in [4.78, 5) is 23.1. The maximum absolute atomic E-state index is 11.6. The molecule has 0 aliphatic heterocycles. The molecule has 3 rings (SSSR count). The van der Waals surface area contributed by atoms with Gasteiger partial charge in [-0.3, -0.25) is 4.79 Å². The molecule has 1 fully saturated rings. The summed E-state index contributed by atoms with van der Waals surface area (Å²) >= 11 is 0. The number of rotatable bonds is 9. The smallest absolute Gasteiger partial charge is 0.336 e. The Bertz CT molecular complexity index is 1050. The molecule has 1 aromatic carbocycles. The Morgan fingerprint density at radius 1 is 1.21 bits per heavy atom. The molecule has 1 aliphatic carbocycles. The van der Waals surface area contributed by atoms with E-state index in [1.54, 1.807) is 19.2 Å². The van der Waals surface area contributed by atoms with Gasteiger partial charge in [-0.25, -0.2) is 4.79 Å². The normalized spacial score (nSPS) is 26.1. The largest absolute Gasteiger partial charge is 0.493 e. The fraction of sp³-hybridized carbons (Fsp3) is 0.630. The van der Waals surface area contributed by atoms with E-state index in [2.05, 4.69) is 13.8 Å². The lowest BCUT2D eigenvalue weighted by atomic mass is 9.58. The van der Waals surface area contributed by atoms with Crippen LogP contribution in [0.25, 0.3) is 11.0 Å². The number of benzene rings is 1. The lowest BCUT2D eigenvalue weighted by molar-refractivity contribution is -0.182. The number of ether oxygens (including phenoxy) is 3. The van der Waals surface area contributed by atoms with Crippen LogP contribution in [0.5, 0.6) is 5.75 Å². The molecule has 188 valence electrons. The van der Waals surface area contributed by atoms with Crippen molar-refractivity contribution in [3.63, 3.8) is 0 Å². The number of esters is 1. The molecule has 1 heterocycles. The van der Waals surface area contributed by atoms with Crippen molar-refractivity contribution in [3.05, 3.63) is 40.8 Å². The monoisotopic (exact) mass is 474 g/mol. The average Bonchev–Trinajstić information content (AvgIpc) is 2.75. The summed E-state index contributed by atoms with van der Waals surface area (Å²) in [7, 11) is 1.69. The summed E-state index contributed by atoms with van der Waals surface area (Å²) < 4.78 is 22.7. The Balaban J connectivity index is 1.63. The molecular weight excluding hydrogens is 436 g/mol. The molecule has 1 aliphatic rings. The first-order valence-electron chi connectivity index (χ1n) is 12.0. The van der Waals surface area contributed by atoms with Gasteiger partial charge in [0.25, 0.3) is 0 Å². The SMILES string of the molecule is CO[C@](C)(CCOc1ccc2ccc(=O)oc2c1)CC[C@H]1C(C)(C)[C@@H](OC(C)=O)CC[C@]1(C)O. The number of carbonyl (C=O) groups excluding carboxylic acids is 1. The topological polar surface area (TPSA) is 95.2 Å². The summed E-state index contributed by atoms with van der Waals surface area (Å²) in [6.07, 6.45) is 3.10. The maximum atomic E-state index is 11.6. The minimum Gasteiger partial charge on any atom is -0.493 e. The third kappa shape index (κ3) is 5.99. The first-order chi connectivity index (χ1) is 15.9. The van der Waals surface area contributed by atoms with Gasteiger partial charge in [0.1, 0.15) is 17.4 Å². The summed E-state index contributed by atoms with van der Waals surface area (Å²) in [6, 6.07) is 8.55. The minimum atomic E-state index is -0.847. The highest BCUT2D eigenvalue weighted by Gasteiger charge is 2.52. The first-order valence-corrected chi connectivity index (χ1v) is 12.0. The van der Waals surface area contributed by atoms with E-state index >= 15 is 0 Å². The molecule has 1 aromatic heterocycles. The van der Waals surface area contributed by atoms with Gasteiger partial charge in [-0.15, -0.1) is 0 Å². The van der Waals surface area contributed by atoms with Gasteiger partial charge in [0.05, 0.1) is 17.8 Å². The number of hydrogen-bond acceptors (Lipinski definition) is 7. The number of fused-ring (bicyclic) bond motifs is 1. The van der Waals surface area contributed by atoms with Gasteiger partial charge in [0.15, 0.2) is 0 Å². The summed E-state index contributed by atoms with van der Waals surface area (Å²) in [6.45, 7) is 9.93. The molecule has 2 aromatic rings. The molecule has 0 spiro atoms. The van der Waals surface area contributed by atoms with E-state index in [1.807, 2.05) is 26.0 Å². The lowest BCUT2D eigenvalue weighted by Gasteiger charge is -2.52. The quantitative estimate of drug-likeness (QED) is 0.409. The fourth-order valence-corrected chi connectivity index (χ4v) is 5.38. The van der Waals surface area contributed by atoms with Gasteiger partial charge in [-0.05, 0) is 63.6 Å². The van der Waals surface area contributed by atoms with Gasteiger partial charge in [0.2, 0.25) is 0 Å². The predicted octanol–water partition coefficient (Wildman–Crippen LogP) is 4.87. The number of aliphatic hydroxyl groups is 1. The van der Waals surface area contributed by atoms with Crippen molar-refractivity contribution >= 4 is 16.9 Å². The number of hydrogen-bond donors (Lipinski definition) is 1. The Morgan fingerprint density at radius 3 is 2.59 bits per heavy atom. The average molecular weight is 475 g/mol. The third-order valence-electron chi connectivity index (χ3n) is 7.65. The molecule has 4 atom stereocenters. The highest BCUT2D eigenvalue weighted by Crippen LogP contribution is 2.50. The van der Waals surface area contributed by atoms with Crippen molar-refractivity contribution in [1.29, 1.82) is 0 Å². The molecule has 34 heavy (non-hydrogen) atoms. The second kappa shape index (κ2) is 10.1. The van der Waals surface area contributed by atoms with Crippen LogP contribution in [-0.4, -0.2) is 42.1 Å². The molecule has 0 unspecified atom stereocenters. The second-order valence-electron chi connectivity index (χ2n) is 10.6. The Labute approximate surface area is 201 Å². The van der Waals surface area contributed by atoms with Crippen LogP contribution in [0.3, 0.4) is 0 Å². The first kappa shape index (κ1) is 26.2. The van der Waals surface area contributed by atoms with Crippen LogP contribution in [0.1, 0.15) is 66.7 Å². The highest BCUT2D eigenvalue weighted by molar-refractivity contribution is 5.77. The molecule has 0 amide bonds. The maximum Gasteiger partial charge on any atom is 0.336 e. The molecule has 7 heteroatoms. The number of methoxy groups -OCH3 is 1. The van der Waals surface area contributed by atoms with Crippen LogP contribution in [0, 0.1) is 11.3 Å². The van der Waals surface area contributed by atoms with Crippen LogP contribution in [-0.2, 0) is 14.3 Å². The molecule has 7 nitrogen and oxygen atoms in total. The van der Waals surface area contributed by atoms with Gasteiger partial charge < -0.3 is 23.7 Å². The van der Waals surface area contributed by atoms with Crippen LogP contribution in [0.4, 0.5) is 0 Å². The van der Waals surface area contributed by atoms with Gasteiger partial charge in [-0.1, -0.05) is 13.8 Å². The minimum absolute atomic E-state index is 0.0584. The van der Waals surface area contributed by atoms with Crippen molar-refractivity contribution in [2.75, 3.05) is 13.7 Å². The molecular formula is C27H38O7. The zero-order valence-corrected chi connectivity index (χ0v) is 21.2. The van der Waals surface area contributed by atoms with Crippen LogP contribution >= 0.6 is 0 Å².